The second kappa shape index (κ2) is 6.81. The monoisotopic (exact) mass is 315 g/mol. The molecule has 2 heterocycles. The lowest BCUT2D eigenvalue weighted by Crippen LogP contribution is -2.59. The van der Waals surface area contributed by atoms with Gasteiger partial charge in [0.2, 0.25) is 0 Å². The molecule has 124 valence electrons. The molecule has 0 bridgehead atoms. The van der Waals surface area contributed by atoms with Gasteiger partial charge in [0.15, 0.2) is 5.78 Å². The SMILES string of the molecule is CCCCCC1C(=O)C2C(=O)N(c3ccccc3)NC2NC1C. The summed E-state index contributed by atoms with van der Waals surface area (Å²) in [7, 11) is 0. The fourth-order valence-corrected chi connectivity index (χ4v) is 3.64. The summed E-state index contributed by atoms with van der Waals surface area (Å²) in [6, 6.07) is 9.52. The fourth-order valence-electron chi connectivity index (χ4n) is 3.64. The maximum atomic E-state index is 12.9. The highest BCUT2D eigenvalue weighted by Gasteiger charge is 2.51. The van der Waals surface area contributed by atoms with Gasteiger partial charge in [0.05, 0.1) is 11.9 Å². The average molecular weight is 315 g/mol. The summed E-state index contributed by atoms with van der Waals surface area (Å²) >= 11 is 0. The molecule has 5 nitrogen and oxygen atoms in total. The lowest BCUT2D eigenvalue weighted by molar-refractivity contribution is -0.137. The van der Waals surface area contributed by atoms with E-state index in [1.165, 1.54) is 5.01 Å². The molecular formula is C18H25N3O2. The summed E-state index contributed by atoms with van der Waals surface area (Å²) in [6.07, 6.45) is 3.88. The van der Waals surface area contributed by atoms with Crippen LogP contribution in [-0.2, 0) is 9.59 Å². The van der Waals surface area contributed by atoms with Gasteiger partial charge in [0.25, 0.3) is 5.91 Å². The number of nitrogens with zero attached hydrogens (tertiary/aromatic N) is 1. The van der Waals surface area contributed by atoms with E-state index in [0.717, 1.165) is 31.4 Å². The normalized spacial score (nSPS) is 30.6. The van der Waals surface area contributed by atoms with Crippen molar-refractivity contribution in [3.05, 3.63) is 30.3 Å². The number of anilines is 1. The van der Waals surface area contributed by atoms with E-state index in [-0.39, 0.29) is 29.8 Å². The van der Waals surface area contributed by atoms with Crippen LogP contribution in [0.4, 0.5) is 5.69 Å². The van der Waals surface area contributed by atoms with Crippen molar-refractivity contribution in [1.29, 1.82) is 0 Å². The largest absolute Gasteiger partial charge is 0.298 e. The van der Waals surface area contributed by atoms with Gasteiger partial charge in [0.1, 0.15) is 5.92 Å². The summed E-state index contributed by atoms with van der Waals surface area (Å²) in [5, 5.41) is 4.94. The zero-order valence-corrected chi connectivity index (χ0v) is 13.8. The number of carbonyl (C=O) groups is 2. The van der Waals surface area contributed by atoms with Crippen LogP contribution in [0.5, 0.6) is 0 Å². The number of unbranched alkanes of at least 4 members (excludes halogenated alkanes) is 2. The van der Waals surface area contributed by atoms with Crippen LogP contribution in [0.1, 0.15) is 39.5 Å². The minimum absolute atomic E-state index is 0.0655. The highest BCUT2D eigenvalue weighted by atomic mass is 16.2. The third-order valence-electron chi connectivity index (χ3n) is 4.94. The molecule has 0 saturated carbocycles. The third kappa shape index (κ3) is 3.03. The number of para-hydroxylation sites is 1. The number of hydrogen-bond donors (Lipinski definition) is 2. The zero-order chi connectivity index (χ0) is 16.4. The molecule has 0 aromatic heterocycles. The molecule has 4 unspecified atom stereocenters. The highest BCUT2D eigenvalue weighted by Crippen LogP contribution is 2.31. The van der Waals surface area contributed by atoms with Gasteiger partial charge in [-0.1, -0.05) is 44.4 Å². The topological polar surface area (TPSA) is 61.4 Å². The van der Waals surface area contributed by atoms with E-state index in [0.29, 0.717) is 0 Å². The lowest BCUT2D eigenvalue weighted by atomic mass is 9.79. The first kappa shape index (κ1) is 16.1. The Kier molecular flexibility index (Phi) is 4.78. The number of fused-ring (bicyclic) bond motifs is 1. The van der Waals surface area contributed by atoms with Crippen LogP contribution < -0.4 is 15.8 Å². The molecule has 2 fully saturated rings. The number of piperidine rings is 1. The molecule has 0 aliphatic carbocycles. The van der Waals surface area contributed by atoms with Gasteiger partial charge in [-0.25, -0.2) is 10.4 Å². The minimum Gasteiger partial charge on any atom is -0.298 e. The van der Waals surface area contributed by atoms with Crippen molar-refractivity contribution in [2.75, 3.05) is 5.01 Å². The van der Waals surface area contributed by atoms with E-state index in [9.17, 15) is 9.59 Å². The Labute approximate surface area is 137 Å². The van der Waals surface area contributed by atoms with Crippen LogP contribution >= 0.6 is 0 Å². The first-order chi connectivity index (χ1) is 11.1. The molecule has 2 aliphatic rings. The van der Waals surface area contributed by atoms with E-state index >= 15 is 0 Å². The molecule has 1 aromatic rings. The molecule has 4 atom stereocenters. The first-order valence-electron chi connectivity index (χ1n) is 8.58. The number of carbonyl (C=O) groups excluding carboxylic acids is 2. The number of hydrazine groups is 1. The van der Waals surface area contributed by atoms with Gasteiger partial charge in [0, 0.05) is 12.0 Å². The zero-order valence-electron chi connectivity index (χ0n) is 13.8. The first-order valence-corrected chi connectivity index (χ1v) is 8.58. The van der Waals surface area contributed by atoms with Crippen LogP contribution in [0.15, 0.2) is 30.3 Å². The number of ketones is 1. The Bertz CT molecular complexity index is 575. The second-order valence-electron chi connectivity index (χ2n) is 6.55. The number of hydrogen-bond acceptors (Lipinski definition) is 4. The minimum atomic E-state index is -0.613. The predicted octanol–water partition coefficient (Wildman–Crippen LogP) is 2.24. The van der Waals surface area contributed by atoms with Crippen molar-refractivity contribution in [3.63, 3.8) is 0 Å². The van der Waals surface area contributed by atoms with Crippen LogP contribution in [0, 0.1) is 11.8 Å². The summed E-state index contributed by atoms with van der Waals surface area (Å²) in [5.41, 5.74) is 3.93. The molecule has 1 aromatic carbocycles. The van der Waals surface area contributed by atoms with E-state index in [4.69, 9.17) is 0 Å². The molecular weight excluding hydrogens is 290 g/mol. The van der Waals surface area contributed by atoms with Crippen molar-refractivity contribution in [2.24, 2.45) is 11.8 Å². The Balaban J connectivity index is 1.76. The molecule has 0 spiro atoms. The lowest BCUT2D eigenvalue weighted by Gasteiger charge is -2.35. The Hall–Kier alpha value is -1.72. The number of rotatable bonds is 5. The van der Waals surface area contributed by atoms with E-state index in [1.807, 2.05) is 37.3 Å². The van der Waals surface area contributed by atoms with E-state index < -0.39 is 5.92 Å². The Morgan fingerprint density at radius 3 is 2.57 bits per heavy atom. The number of Topliss-reactive ketones (excluding diaryl/α,β-unsaturated/α-hetero) is 1. The van der Waals surface area contributed by atoms with E-state index in [2.05, 4.69) is 17.7 Å². The van der Waals surface area contributed by atoms with Crippen molar-refractivity contribution >= 4 is 17.4 Å². The van der Waals surface area contributed by atoms with Crippen LogP contribution in [0.2, 0.25) is 0 Å². The molecule has 2 N–H and O–H groups in total. The van der Waals surface area contributed by atoms with Crippen molar-refractivity contribution < 1.29 is 9.59 Å². The number of amides is 1. The molecule has 23 heavy (non-hydrogen) atoms. The van der Waals surface area contributed by atoms with Gasteiger partial charge < -0.3 is 0 Å². The predicted molar refractivity (Wildman–Crippen MR) is 89.6 cm³/mol. The maximum Gasteiger partial charge on any atom is 0.255 e. The smallest absolute Gasteiger partial charge is 0.255 e. The van der Waals surface area contributed by atoms with Crippen molar-refractivity contribution in [3.8, 4) is 0 Å². The van der Waals surface area contributed by atoms with Gasteiger partial charge in [-0.3, -0.25) is 14.9 Å². The molecule has 2 saturated heterocycles. The molecule has 1 amide bonds. The highest BCUT2D eigenvalue weighted by molar-refractivity contribution is 6.11. The summed E-state index contributed by atoms with van der Waals surface area (Å²) in [6.45, 7) is 4.20. The van der Waals surface area contributed by atoms with E-state index in [1.54, 1.807) is 0 Å². The quantitative estimate of drug-likeness (QED) is 0.646. The molecule has 5 heteroatoms. The molecule has 3 rings (SSSR count). The Morgan fingerprint density at radius 1 is 1.13 bits per heavy atom. The number of benzene rings is 1. The molecule has 2 aliphatic heterocycles. The fraction of sp³-hybridized carbons (Fsp3) is 0.556. The van der Waals surface area contributed by atoms with Crippen LogP contribution in [0.25, 0.3) is 0 Å². The summed E-state index contributed by atoms with van der Waals surface area (Å²) in [5.74, 6) is -0.735. The maximum absolute atomic E-state index is 12.9. The average Bonchev–Trinajstić information content (AvgIpc) is 2.88. The standard InChI is InChI=1S/C18H25N3O2/c1-3-4-6-11-14-12(2)19-17-15(16(14)22)18(23)21(20-17)13-9-7-5-8-10-13/h5,7-10,12,14-15,17,19-20H,3-4,6,11H2,1-2H3. The summed E-state index contributed by atoms with van der Waals surface area (Å²) in [4.78, 5) is 25.6. The van der Waals surface area contributed by atoms with Crippen LogP contribution in [0.3, 0.4) is 0 Å². The number of nitrogens with one attached hydrogen (secondary N) is 2. The summed E-state index contributed by atoms with van der Waals surface area (Å²) < 4.78 is 0. The van der Waals surface area contributed by atoms with Gasteiger partial charge in [-0.2, -0.15) is 0 Å². The van der Waals surface area contributed by atoms with Gasteiger partial charge in [-0.05, 0) is 25.5 Å². The second-order valence-corrected chi connectivity index (χ2v) is 6.55. The van der Waals surface area contributed by atoms with Gasteiger partial charge in [-0.15, -0.1) is 0 Å². The van der Waals surface area contributed by atoms with Crippen molar-refractivity contribution in [2.45, 2.75) is 51.7 Å². The molecule has 0 radical (unpaired) electrons. The van der Waals surface area contributed by atoms with Gasteiger partial charge >= 0.3 is 0 Å². The Morgan fingerprint density at radius 2 is 1.87 bits per heavy atom. The third-order valence-corrected chi connectivity index (χ3v) is 4.94. The van der Waals surface area contributed by atoms with Crippen LogP contribution in [-0.4, -0.2) is 23.9 Å². The van der Waals surface area contributed by atoms with Crippen molar-refractivity contribution in [1.82, 2.24) is 10.7 Å².